The van der Waals surface area contributed by atoms with Crippen molar-refractivity contribution in [3.05, 3.63) is 0 Å². The fourth-order valence-corrected chi connectivity index (χ4v) is 2.15. The topological polar surface area (TPSA) is 62.8 Å². The number of carbonyl (C=O) groups is 1. The van der Waals surface area contributed by atoms with Crippen molar-refractivity contribution in [1.82, 2.24) is 15.5 Å². The van der Waals surface area contributed by atoms with Gasteiger partial charge in [-0.2, -0.15) is 0 Å². The zero-order valence-electron chi connectivity index (χ0n) is 12.1. The number of hydrogen-bond donors (Lipinski definition) is 2. The first-order chi connectivity index (χ1) is 9.29. The van der Waals surface area contributed by atoms with Crippen LogP contribution in [0.25, 0.3) is 0 Å². The Morgan fingerprint density at radius 2 is 2.26 bits per heavy atom. The summed E-state index contributed by atoms with van der Waals surface area (Å²) in [5.41, 5.74) is 0. The van der Waals surface area contributed by atoms with E-state index in [0.717, 1.165) is 39.2 Å². The number of piperazine rings is 1. The molecule has 2 N–H and O–H groups in total. The first kappa shape index (κ1) is 16.4. The third-order valence-electron chi connectivity index (χ3n) is 3.17. The summed E-state index contributed by atoms with van der Waals surface area (Å²) in [5, 5.41) is 6.15. The van der Waals surface area contributed by atoms with Gasteiger partial charge in [0, 0.05) is 53.0 Å². The predicted octanol–water partition coefficient (Wildman–Crippen LogP) is -0.551. The molecule has 19 heavy (non-hydrogen) atoms. The smallest absolute Gasteiger partial charge is 0.238 e. The lowest BCUT2D eigenvalue weighted by molar-refractivity contribution is -0.127. The van der Waals surface area contributed by atoms with Gasteiger partial charge in [0.25, 0.3) is 0 Å². The van der Waals surface area contributed by atoms with Crippen LogP contribution in [0.5, 0.6) is 0 Å². The zero-order chi connectivity index (χ0) is 13.9. The molecule has 0 aliphatic carbocycles. The number of nitrogens with one attached hydrogen (secondary N) is 2. The van der Waals surface area contributed by atoms with E-state index in [4.69, 9.17) is 9.47 Å². The highest BCUT2D eigenvalue weighted by Gasteiger charge is 2.27. The van der Waals surface area contributed by atoms with Crippen molar-refractivity contribution < 1.29 is 14.3 Å². The second kappa shape index (κ2) is 10.1. The maximum absolute atomic E-state index is 11.9. The standard InChI is InChI=1S/C13H27N3O3/c1-3-15-13(17)12-11-14-5-6-16(12)7-10-19-9-4-8-18-2/h12,14H,3-11H2,1-2H3,(H,15,17). The highest BCUT2D eigenvalue weighted by atomic mass is 16.5. The highest BCUT2D eigenvalue weighted by molar-refractivity contribution is 5.82. The van der Waals surface area contributed by atoms with Gasteiger partial charge in [-0.25, -0.2) is 0 Å². The van der Waals surface area contributed by atoms with Crippen LogP contribution in [0, 0.1) is 0 Å². The number of nitrogens with zero attached hydrogens (tertiary/aromatic N) is 1. The molecule has 112 valence electrons. The Labute approximate surface area is 115 Å². The minimum absolute atomic E-state index is 0.0729. The Hall–Kier alpha value is -0.690. The molecule has 6 heteroatoms. The number of likely N-dealkylation sites (N-methyl/N-ethyl adjacent to an activating group) is 1. The van der Waals surface area contributed by atoms with Gasteiger partial charge in [-0.05, 0) is 13.3 Å². The van der Waals surface area contributed by atoms with Crippen LogP contribution in [0.3, 0.4) is 0 Å². The van der Waals surface area contributed by atoms with Crippen LogP contribution in [0.4, 0.5) is 0 Å². The molecule has 1 heterocycles. The number of methoxy groups -OCH3 is 1. The molecule has 0 radical (unpaired) electrons. The molecule has 1 rings (SSSR count). The third kappa shape index (κ3) is 6.33. The second-order valence-corrected chi connectivity index (χ2v) is 4.61. The predicted molar refractivity (Wildman–Crippen MR) is 74.2 cm³/mol. The first-order valence-corrected chi connectivity index (χ1v) is 7.08. The molecule has 6 nitrogen and oxygen atoms in total. The molecule has 1 unspecified atom stereocenters. The van der Waals surface area contributed by atoms with Gasteiger partial charge in [0.2, 0.25) is 5.91 Å². The summed E-state index contributed by atoms with van der Waals surface area (Å²) in [6, 6.07) is -0.0729. The molecule has 1 fully saturated rings. The lowest BCUT2D eigenvalue weighted by Gasteiger charge is -2.34. The van der Waals surface area contributed by atoms with Gasteiger partial charge in [0.05, 0.1) is 6.61 Å². The van der Waals surface area contributed by atoms with Gasteiger partial charge in [-0.3, -0.25) is 9.69 Å². The van der Waals surface area contributed by atoms with Crippen molar-refractivity contribution in [1.29, 1.82) is 0 Å². The Balaban J connectivity index is 2.22. The van der Waals surface area contributed by atoms with E-state index in [1.165, 1.54) is 0 Å². The first-order valence-electron chi connectivity index (χ1n) is 7.08. The van der Waals surface area contributed by atoms with Gasteiger partial charge in [-0.1, -0.05) is 0 Å². The fourth-order valence-electron chi connectivity index (χ4n) is 2.15. The molecule has 0 spiro atoms. The van der Waals surface area contributed by atoms with E-state index in [2.05, 4.69) is 15.5 Å². The van der Waals surface area contributed by atoms with Crippen LogP contribution >= 0.6 is 0 Å². The van der Waals surface area contributed by atoms with Gasteiger partial charge in [0.15, 0.2) is 0 Å². The van der Waals surface area contributed by atoms with E-state index in [1.807, 2.05) is 6.92 Å². The van der Waals surface area contributed by atoms with E-state index in [-0.39, 0.29) is 11.9 Å². The number of rotatable bonds is 9. The number of hydrogen-bond acceptors (Lipinski definition) is 5. The average molecular weight is 273 g/mol. The number of amides is 1. The normalized spacial score (nSPS) is 20.4. The van der Waals surface area contributed by atoms with Crippen LogP contribution < -0.4 is 10.6 Å². The maximum atomic E-state index is 11.9. The molecular weight excluding hydrogens is 246 g/mol. The molecule has 1 amide bonds. The van der Waals surface area contributed by atoms with Crippen LogP contribution in [-0.2, 0) is 14.3 Å². The van der Waals surface area contributed by atoms with Crippen molar-refractivity contribution in [2.45, 2.75) is 19.4 Å². The fraction of sp³-hybridized carbons (Fsp3) is 0.923. The number of carbonyl (C=O) groups excluding carboxylic acids is 1. The van der Waals surface area contributed by atoms with E-state index in [9.17, 15) is 4.79 Å². The molecular formula is C13H27N3O3. The molecule has 0 saturated carbocycles. The van der Waals surface area contributed by atoms with Crippen LogP contribution in [0.1, 0.15) is 13.3 Å². The zero-order valence-corrected chi connectivity index (χ0v) is 12.1. The molecule has 0 aromatic rings. The highest BCUT2D eigenvalue weighted by Crippen LogP contribution is 2.03. The van der Waals surface area contributed by atoms with E-state index < -0.39 is 0 Å². The largest absolute Gasteiger partial charge is 0.385 e. The quantitative estimate of drug-likeness (QED) is 0.552. The summed E-state index contributed by atoms with van der Waals surface area (Å²) < 4.78 is 10.5. The summed E-state index contributed by atoms with van der Waals surface area (Å²) in [4.78, 5) is 14.1. The Kier molecular flexibility index (Phi) is 8.73. The second-order valence-electron chi connectivity index (χ2n) is 4.61. The summed E-state index contributed by atoms with van der Waals surface area (Å²) in [7, 11) is 1.69. The van der Waals surface area contributed by atoms with Gasteiger partial charge in [0.1, 0.15) is 6.04 Å². The molecule has 0 aromatic carbocycles. The minimum Gasteiger partial charge on any atom is -0.385 e. The lowest BCUT2D eigenvalue weighted by Crippen LogP contribution is -2.58. The monoisotopic (exact) mass is 273 g/mol. The molecule has 1 atom stereocenters. The Morgan fingerprint density at radius 1 is 1.42 bits per heavy atom. The Bertz CT molecular complexity index is 251. The number of ether oxygens (including phenoxy) is 2. The van der Waals surface area contributed by atoms with E-state index >= 15 is 0 Å². The van der Waals surface area contributed by atoms with Gasteiger partial charge >= 0.3 is 0 Å². The SMILES string of the molecule is CCNC(=O)C1CNCCN1CCOCCCOC. The van der Waals surface area contributed by atoms with Crippen LogP contribution in [0.15, 0.2) is 0 Å². The van der Waals surface area contributed by atoms with E-state index in [0.29, 0.717) is 19.8 Å². The molecule has 1 saturated heterocycles. The summed E-state index contributed by atoms with van der Waals surface area (Å²) in [6.45, 7) is 8.07. The molecule has 0 aromatic heterocycles. The van der Waals surface area contributed by atoms with E-state index in [1.54, 1.807) is 7.11 Å². The van der Waals surface area contributed by atoms with Crippen LogP contribution in [0.2, 0.25) is 0 Å². The van der Waals surface area contributed by atoms with Gasteiger partial charge in [-0.15, -0.1) is 0 Å². The molecule has 0 bridgehead atoms. The van der Waals surface area contributed by atoms with Crippen molar-refractivity contribution in [3.63, 3.8) is 0 Å². The summed E-state index contributed by atoms with van der Waals surface area (Å²) in [5.74, 6) is 0.106. The maximum Gasteiger partial charge on any atom is 0.238 e. The van der Waals surface area contributed by atoms with Crippen molar-refractivity contribution in [3.8, 4) is 0 Å². The van der Waals surface area contributed by atoms with Crippen molar-refractivity contribution >= 4 is 5.91 Å². The van der Waals surface area contributed by atoms with Crippen molar-refractivity contribution in [2.75, 3.05) is 59.7 Å². The lowest BCUT2D eigenvalue weighted by atomic mass is 10.2. The molecule has 1 aliphatic heterocycles. The average Bonchev–Trinajstić information content (AvgIpc) is 2.43. The summed E-state index contributed by atoms with van der Waals surface area (Å²) >= 11 is 0. The van der Waals surface area contributed by atoms with Crippen molar-refractivity contribution in [2.24, 2.45) is 0 Å². The van der Waals surface area contributed by atoms with Crippen LogP contribution in [-0.4, -0.2) is 76.5 Å². The Morgan fingerprint density at radius 3 is 3.00 bits per heavy atom. The molecule has 1 aliphatic rings. The summed E-state index contributed by atoms with van der Waals surface area (Å²) in [6.07, 6.45) is 0.914. The van der Waals surface area contributed by atoms with Gasteiger partial charge < -0.3 is 20.1 Å². The minimum atomic E-state index is -0.0729. The third-order valence-corrected chi connectivity index (χ3v) is 3.17.